The van der Waals surface area contributed by atoms with E-state index in [1.807, 2.05) is 37.3 Å². The third kappa shape index (κ3) is 4.62. The van der Waals surface area contributed by atoms with E-state index in [4.69, 9.17) is 9.84 Å². The Morgan fingerprint density at radius 2 is 2.04 bits per heavy atom. The van der Waals surface area contributed by atoms with Gasteiger partial charge in [0.2, 0.25) is 0 Å². The average molecular weight is 362 g/mol. The number of amidine groups is 1. The number of thioether (sulfide) groups is 1. The number of hydrogen-bond acceptors (Lipinski definition) is 5. The maximum atomic E-state index is 12.2. The van der Waals surface area contributed by atoms with Gasteiger partial charge in [-0.1, -0.05) is 12.1 Å². The molecule has 2 N–H and O–H groups in total. The van der Waals surface area contributed by atoms with Crippen molar-refractivity contribution in [3.8, 4) is 5.75 Å². The van der Waals surface area contributed by atoms with Crippen LogP contribution < -0.4 is 9.64 Å². The Morgan fingerprint density at radius 3 is 2.68 bits per heavy atom. The Bertz CT molecular complexity index is 665. The van der Waals surface area contributed by atoms with E-state index in [1.165, 1.54) is 16.7 Å². The first-order chi connectivity index (χ1) is 12.2. The molecule has 7 heteroatoms. The summed E-state index contributed by atoms with van der Waals surface area (Å²) in [4.78, 5) is 20.7. The largest absolute Gasteiger partial charge is 0.494 e. The van der Waals surface area contributed by atoms with Gasteiger partial charge in [-0.2, -0.15) is 4.99 Å². The summed E-state index contributed by atoms with van der Waals surface area (Å²) in [5.74, 6) is 0.661. The Kier molecular flexibility index (Phi) is 6.12. The van der Waals surface area contributed by atoms with Gasteiger partial charge in [-0.3, -0.25) is 4.79 Å². The summed E-state index contributed by atoms with van der Waals surface area (Å²) in [5.41, 5.74) is 0.966. The lowest BCUT2D eigenvalue weighted by molar-refractivity contribution is -0.904. The van der Waals surface area contributed by atoms with Crippen LogP contribution in [0.15, 0.2) is 34.2 Å². The van der Waals surface area contributed by atoms with Crippen LogP contribution in [-0.2, 0) is 4.79 Å². The fraction of sp³-hybridized carbons (Fsp3) is 0.444. The topological polar surface area (TPSA) is 66.6 Å². The van der Waals surface area contributed by atoms with Gasteiger partial charge in [-0.25, -0.2) is 0 Å². The third-order valence-electron chi connectivity index (χ3n) is 4.30. The first-order valence-electron chi connectivity index (χ1n) is 8.64. The van der Waals surface area contributed by atoms with Crippen molar-refractivity contribution in [3.05, 3.63) is 34.7 Å². The highest BCUT2D eigenvalue weighted by atomic mass is 32.2. The van der Waals surface area contributed by atoms with Crippen molar-refractivity contribution in [2.45, 2.75) is 6.92 Å². The van der Waals surface area contributed by atoms with Crippen molar-refractivity contribution >= 4 is 28.9 Å². The fourth-order valence-corrected chi connectivity index (χ4v) is 3.90. The van der Waals surface area contributed by atoms with E-state index in [-0.39, 0.29) is 12.5 Å². The molecular formula is C18H24N3O3S+. The highest BCUT2D eigenvalue weighted by Crippen LogP contribution is 2.30. The van der Waals surface area contributed by atoms with Gasteiger partial charge in [0.15, 0.2) is 5.17 Å². The van der Waals surface area contributed by atoms with Gasteiger partial charge in [-0.15, -0.1) is 0 Å². The molecule has 134 valence electrons. The molecule has 0 atom stereocenters. The number of nitrogens with one attached hydrogen (secondary N) is 1. The van der Waals surface area contributed by atoms with Crippen LogP contribution in [0.1, 0.15) is 12.5 Å². The molecule has 25 heavy (non-hydrogen) atoms. The smallest absolute Gasteiger partial charge is 0.286 e. The lowest BCUT2D eigenvalue weighted by Gasteiger charge is -2.32. The number of aliphatic imine (C=N–C) groups is 1. The van der Waals surface area contributed by atoms with E-state index in [1.54, 1.807) is 0 Å². The van der Waals surface area contributed by atoms with Gasteiger partial charge in [0.1, 0.15) is 12.3 Å². The normalized spacial score (nSPS) is 20.2. The molecule has 6 nitrogen and oxygen atoms in total. The van der Waals surface area contributed by atoms with Crippen LogP contribution in [0.3, 0.4) is 0 Å². The van der Waals surface area contributed by atoms with Crippen LogP contribution in [0.25, 0.3) is 6.08 Å². The van der Waals surface area contributed by atoms with Gasteiger partial charge in [0.25, 0.3) is 5.91 Å². The molecule has 2 aliphatic rings. The minimum Gasteiger partial charge on any atom is -0.494 e. The van der Waals surface area contributed by atoms with Gasteiger partial charge < -0.3 is 19.6 Å². The molecule has 1 amide bonds. The molecular weight excluding hydrogens is 338 g/mol. The van der Waals surface area contributed by atoms with Crippen molar-refractivity contribution in [1.82, 2.24) is 4.90 Å². The lowest BCUT2D eigenvalue weighted by atomic mass is 10.2. The van der Waals surface area contributed by atoms with Crippen molar-refractivity contribution in [1.29, 1.82) is 0 Å². The third-order valence-corrected chi connectivity index (χ3v) is 5.35. The highest BCUT2D eigenvalue weighted by molar-refractivity contribution is 8.18. The average Bonchev–Trinajstić information content (AvgIpc) is 2.98. The molecule has 1 fully saturated rings. The van der Waals surface area contributed by atoms with Crippen LogP contribution in [0.4, 0.5) is 0 Å². The summed E-state index contributed by atoms with van der Waals surface area (Å²) in [6.07, 6.45) is 1.88. The monoisotopic (exact) mass is 362 g/mol. The van der Waals surface area contributed by atoms with Gasteiger partial charge in [0, 0.05) is 0 Å². The van der Waals surface area contributed by atoms with E-state index in [0.717, 1.165) is 49.2 Å². The van der Waals surface area contributed by atoms with Crippen LogP contribution in [0, 0.1) is 0 Å². The standard InChI is InChI=1S/C18H23N3O3S/c1-2-24-15-5-3-14(4-6-15)13-16-17(23)19-18(25-16)21-9-7-20(8-10-21)11-12-22/h3-6,13,22H,2,7-12H2,1H3/p+1/b16-13-. The summed E-state index contributed by atoms with van der Waals surface area (Å²) in [5, 5.41) is 9.83. The van der Waals surface area contributed by atoms with Crippen LogP contribution >= 0.6 is 11.8 Å². The molecule has 3 rings (SSSR count). The van der Waals surface area contributed by atoms with Crippen molar-refractivity contribution in [3.63, 3.8) is 0 Å². The molecule has 0 bridgehead atoms. The number of rotatable bonds is 5. The summed E-state index contributed by atoms with van der Waals surface area (Å²) in [6.45, 7) is 7.26. The van der Waals surface area contributed by atoms with Gasteiger partial charge in [0.05, 0.1) is 44.3 Å². The lowest BCUT2D eigenvalue weighted by Crippen LogP contribution is -3.15. The molecule has 2 aliphatic heterocycles. The zero-order valence-corrected chi connectivity index (χ0v) is 15.2. The number of piperazine rings is 1. The Balaban J connectivity index is 1.60. The maximum absolute atomic E-state index is 12.2. The quantitative estimate of drug-likeness (QED) is 0.735. The first kappa shape index (κ1) is 18.0. The van der Waals surface area contributed by atoms with Gasteiger partial charge >= 0.3 is 0 Å². The number of aliphatic hydroxyl groups excluding tert-OH is 1. The van der Waals surface area contributed by atoms with Crippen molar-refractivity contribution < 1.29 is 19.5 Å². The van der Waals surface area contributed by atoms with Gasteiger partial charge in [-0.05, 0) is 42.5 Å². The second-order valence-corrected chi connectivity index (χ2v) is 7.03. The molecule has 0 spiro atoms. The summed E-state index contributed by atoms with van der Waals surface area (Å²) in [6, 6.07) is 7.71. The van der Waals surface area contributed by atoms with E-state index in [0.29, 0.717) is 11.5 Å². The SMILES string of the molecule is CCOc1ccc(/C=C2\SC(N3CC[NH+](CCO)CC3)=NC2=O)cc1. The minimum atomic E-state index is -0.168. The molecule has 0 aromatic heterocycles. The predicted molar refractivity (Wildman–Crippen MR) is 99.8 cm³/mol. The number of hydrogen-bond donors (Lipinski definition) is 2. The summed E-state index contributed by atoms with van der Waals surface area (Å²) in [7, 11) is 0. The summed E-state index contributed by atoms with van der Waals surface area (Å²) >= 11 is 1.45. The molecule has 0 aliphatic carbocycles. The Labute approximate surface area is 152 Å². The van der Waals surface area contributed by atoms with E-state index < -0.39 is 0 Å². The highest BCUT2D eigenvalue weighted by Gasteiger charge is 2.29. The number of quaternary nitrogens is 1. The summed E-state index contributed by atoms with van der Waals surface area (Å²) < 4.78 is 5.43. The number of amides is 1. The van der Waals surface area contributed by atoms with Crippen molar-refractivity contribution in [2.24, 2.45) is 4.99 Å². The molecule has 1 aromatic carbocycles. The van der Waals surface area contributed by atoms with E-state index >= 15 is 0 Å². The number of ether oxygens (including phenoxy) is 1. The van der Waals surface area contributed by atoms with Crippen molar-refractivity contribution in [2.75, 3.05) is 45.9 Å². The number of aliphatic hydroxyl groups is 1. The van der Waals surface area contributed by atoms with Crippen LogP contribution in [0.5, 0.6) is 5.75 Å². The van der Waals surface area contributed by atoms with E-state index in [9.17, 15) is 4.79 Å². The Hall–Kier alpha value is -1.83. The number of carbonyl (C=O) groups excluding carboxylic acids is 1. The van der Waals surface area contributed by atoms with E-state index in [2.05, 4.69) is 9.89 Å². The molecule has 1 aromatic rings. The first-order valence-corrected chi connectivity index (χ1v) is 9.46. The van der Waals surface area contributed by atoms with Crippen LogP contribution in [0.2, 0.25) is 0 Å². The minimum absolute atomic E-state index is 0.168. The molecule has 0 unspecified atom stereocenters. The number of nitrogens with zero attached hydrogens (tertiary/aromatic N) is 2. The predicted octanol–water partition coefficient (Wildman–Crippen LogP) is 0.248. The second-order valence-electron chi connectivity index (χ2n) is 6.02. The fourth-order valence-electron chi connectivity index (χ4n) is 2.93. The molecule has 0 radical (unpaired) electrons. The van der Waals surface area contributed by atoms with Crippen LogP contribution in [-0.4, -0.2) is 67.0 Å². The maximum Gasteiger partial charge on any atom is 0.286 e. The number of carbonyl (C=O) groups is 1. The zero-order valence-electron chi connectivity index (χ0n) is 14.4. The molecule has 2 heterocycles. The Morgan fingerprint density at radius 1 is 1.32 bits per heavy atom. The molecule has 0 saturated carbocycles. The second kappa shape index (κ2) is 8.51. The number of benzene rings is 1. The molecule has 1 saturated heterocycles. The zero-order chi connectivity index (χ0) is 17.6.